The van der Waals surface area contributed by atoms with Crippen LogP contribution in [0.5, 0.6) is 0 Å². The number of hydrogen-bond donors (Lipinski definition) is 0. The molecule has 0 N–H and O–H groups in total. The van der Waals surface area contributed by atoms with Crippen molar-refractivity contribution < 1.29 is 0 Å². The summed E-state index contributed by atoms with van der Waals surface area (Å²) in [6.45, 7) is 0. The third-order valence-corrected chi connectivity index (χ3v) is 9.92. The molecule has 0 fully saturated rings. The van der Waals surface area contributed by atoms with Crippen LogP contribution in [0.15, 0.2) is 182 Å². The van der Waals surface area contributed by atoms with Crippen LogP contribution in [-0.4, -0.2) is 9.13 Å². The minimum absolute atomic E-state index is 1.15. The van der Waals surface area contributed by atoms with Crippen LogP contribution >= 0.6 is 0 Å². The van der Waals surface area contributed by atoms with E-state index >= 15 is 0 Å². The van der Waals surface area contributed by atoms with Crippen molar-refractivity contribution in [1.82, 2.24) is 9.13 Å². The van der Waals surface area contributed by atoms with Crippen LogP contribution in [0.1, 0.15) is 0 Å². The summed E-state index contributed by atoms with van der Waals surface area (Å²) in [4.78, 5) is 0. The maximum absolute atomic E-state index is 2.46. The maximum atomic E-state index is 2.46. The van der Waals surface area contributed by atoms with Crippen molar-refractivity contribution in [3.05, 3.63) is 182 Å². The second-order valence-corrected chi connectivity index (χ2v) is 12.5. The van der Waals surface area contributed by atoms with Crippen molar-refractivity contribution in [2.75, 3.05) is 0 Å². The van der Waals surface area contributed by atoms with Crippen LogP contribution in [0.4, 0.5) is 0 Å². The Kier molecular flexibility index (Phi) is 5.91. The molecule has 0 atom stereocenters. The standard InChI is InChI=1S/C46H30N2/c1-2-13-32(14-3-1)37-18-6-9-22-42(37)48-44-24-11-8-20-39(44)41-29-40-38-19-7-10-23-43(38)47(45(40)30-46(41)48)34-27-25-33(26-28-34)36-21-12-16-31-15-4-5-17-35(31)36/h1-30H. The third-order valence-electron chi connectivity index (χ3n) is 9.92. The second kappa shape index (κ2) is 10.6. The van der Waals surface area contributed by atoms with Gasteiger partial charge >= 0.3 is 0 Å². The second-order valence-electron chi connectivity index (χ2n) is 12.5. The van der Waals surface area contributed by atoms with Crippen molar-refractivity contribution in [1.29, 1.82) is 0 Å². The third kappa shape index (κ3) is 4.00. The molecule has 2 aromatic heterocycles. The number of aromatic nitrogens is 2. The summed E-state index contributed by atoms with van der Waals surface area (Å²) in [5, 5.41) is 7.57. The predicted molar refractivity (Wildman–Crippen MR) is 203 cm³/mol. The first-order chi connectivity index (χ1) is 23.8. The van der Waals surface area contributed by atoms with Gasteiger partial charge in [0.25, 0.3) is 0 Å². The monoisotopic (exact) mass is 610 g/mol. The van der Waals surface area contributed by atoms with E-state index in [0.717, 1.165) is 5.69 Å². The Labute approximate surface area is 278 Å². The smallest absolute Gasteiger partial charge is 0.0562 e. The molecule has 224 valence electrons. The fourth-order valence-electron chi connectivity index (χ4n) is 7.77. The van der Waals surface area contributed by atoms with Gasteiger partial charge in [0.15, 0.2) is 0 Å². The molecule has 2 heterocycles. The van der Waals surface area contributed by atoms with Gasteiger partial charge < -0.3 is 9.13 Å². The Hall–Kier alpha value is -6.38. The maximum Gasteiger partial charge on any atom is 0.0562 e. The van der Waals surface area contributed by atoms with Gasteiger partial charge in [-0.1, -0.05) is 140 Å². The quantitative estimate of drug-likeness (QED) is 0.188. The zero-order chi connectivity index (χ0) is 31.6. The van der Waals surface area contributed by atoms with Gasteiger partial charge in [0.05, 0.1) is 27.8 Å². The highest BCUT2D eigenvalue weighted by Gasteiger charge is 2.20. The van der Waals surface area contributed by atoms with E-state index in [1.165, 1.54) is 82.3 Å². The van der Waals surface area contributed by atoms with Gasteiger partial charge in [-0.15, -0.1) is 0 Å². The van der Waals surface area contributed by atoms with E-state index in [1.54, 1.807) is 0 Å². The number of hydrogen-bond acceptors (Lipinski definition) is 0. The van der Waals surface area contributed by atoms with Crippen molar-refractivity contribution >= 4 is 54.4 Å². The van der Waals surface area contributed by atoms with E-state index in [1.807, 2.05) is 0 Å². The number of fused-ring (bicyclic) bond motifs is 7. The molecule has 0 unspecified atom stereocenters. The molecule has 2 nitrogen and oxygen atoms in total. The van der Waals surface area contributed by atoms with Crippen LogP contribution in [0.25, 0.3) is 88.0 Å². The summed E-state index contributed by atoms with van der Waals surface area (Å²) in [5.74, 6) is 0. The van der Waals surface area contributed by atoms with Gasteiger partial charge in [0.2, 0.25) is 0 Å². The fourth-order valence-corrected chi connectivity index (χ4v) is 7.77. The van der Waals surface area contributed by atoms with E-state index in [4.69, 9.17) is 0 Å². The first kappa shape index (κ1) is 26.8. The Morgan fingerprint density at radius 2 is 0.833 bits per heavy atom. The molecule has 0 radical (unpaired) electrons. The predicted octanol–water partition coefficient (Wildman–Crippen LogP) is 12.4. The first-order valence-electron chi connectivity index (χ1n) is 16.5. The van der Waals surface area contributed by atoms with Gasteiger partial charge in [-0.3, -0.25) is 0 Å². The number of para-hydroxylation sites is 3. The number of nitrogens with zero attached hydrogens (tertiary/aromatic N) is 2. The lowest BCUT2D eigenvalue weighted by Gasteiger charge is -2.14. The number of rotatable bonds is 4. The van der Waals surface area contributed by atoms with Crippen molar-refractivity contribution in [2.45, 2.75) is 0 Å². The Balaban J connectivity index is 1.24. The van der Waals surface area contributed by atoms with Gasteiger partial charge in [0.1, 0.15) is 0 Å². The van der Waals surface area contributed by atoms with Gasteiger partial charge in [0, 0.05) is 32.8 Å². The highest BCUT2D eigenvalue weighted by molar-refractivity contribution is 6.19. The molecule has 10 rings (SSSR count). The summed E-state index contributed by atoms with van der Waals surface area (Å²) >= 11 is 0. The molecule has 10 aromatic rings. The van der Waals surface area contributed by atoms with Crippen LogP contribution in [-0.2, 0) is 0 Å². The minimum atomic E-state index is 1.15. The van der Waals surface area contributed by atoms with Crippen LogP contribution in [0.2, 0.25) is 0 Å². The van der Waals surface area contributed by atoms with Gasteiger partial charge in [-0.2, -0.15) is 0 Å². The summed E-state index contributed by atoms with van der Waals surface area (Å²) in [6.07, 6.45) is 0. The summed E-state index contributed by atoms with van der Waals surface area (Å²) < 4.78 is 4.89. The Bertz CT molecular complexity index is 2810. The zero-order valence-electron chi connectivity index (χ0n) is 26.2. The molecule has 8 aromatic carbocycles. The molecule has 0 amide bonds. The fraction of sp³-hybridized carbons (Fsp3) is 0. The van der Waals surface area contributed by atoms with E-state index < -0.39 is 0 Å². The molecule has 2 heteroatoms. The van der Waals surface area contributed by atoms with Crippen molar-refractivity contribution in [2.24, 2.45) is 0 Å². The highest BCUT2D eigenvalue weighted by Crippen LogP contribution is 2.41. The molecule has 0 aliphatic rings. The average molecular weight is 611 g/mol. The summed E-state index contributed by atoms with van der Waals surface area (Å²) in [5.41, 5.74) is 12.0. The van der Waals surface area contributed by atoms with E-state index in [0.29, 0.717) is 0 Å². The largest absolute Gasteiger partial charge is 0.309 e. The molecule has 0 saturated heterocycles. The molecule has 0 aliphatic carbocycles. The lowest BCUT2D eigenvalue weighted by Crippen LogP contribution is -1.98. The summed E-state index contributed by atoms with van der Waals surface area (Å²) in [7, 11) is 0. The van der Waals surface area contributed by atoms with Crippen molar-refractivity contribution in [3.63, 3.8) is 0 Å². The lowest BCUT2D eigenvalue weighted by molar-refractivity contribution is 1.17. The molecular formula is C46H30N2. The lowest BCUT2D eigenvalue weighted by atomic mass is 9.98. The minimum Gasteiger partial charge on any atom is -0.309 e. The van der Waals surface area contributed by atoms with Crippen LogP contribution in [0, 0.1) is 0 Å². The molecule has 0 spiro atoms. The Morgan fingerprint density at radius 1 is 0.292 bits per heavy atom. The molecule has 48 heavy (non-hydrogen) atoms. The SMILES string of the molecule is c1ccc(-c2ccccc2-n2c3ccccc3c3cc4c5ccccc5n(-c5ccc(-c6cccc7ccccc67)cc5)c4cc32)cc1. The van der Waals surface area contributed by atoms with E-state index in [9.17, 15) is 0 Å². The van der Waals surface area contributed by atoms with E-state index in [2.05, 4.69) is 191 Å². The Morgan fingerprint density at radius 3 is 1.60 bits per heavy atom. The zero-order valence-corrected chi connectivity index (χ0v) is 26.2. The van der Waals surface area contributed by atoms with Crippen LogP contribution in [0.3, 0.4) is 0 Å². The highest BCUT2D eigenvalue weighted by atomic mass is 15.0. The average Bonchev–Trinajstić information content (AvgIpc) is 3.66. The van der Waals surface area contributed by atoms with Gasteiger partial charge in [-0.05, 0) is 69.9 Å². The van der Waals surface area contributed by atoms with E-state index in [-0.39, 0.29) is 0 Å². The molecular weight excluding hydrogens is 581 g/mol. The first-order valence-corrected chi connectivity index (χ1v) is 16.5. The molecule has 0 bridgehead atoms. The van der Waals surface area contributed by atoms with Crippen molar-refractivity contribution in [3.8, 4) is 33.6 Å². The van der Waals surface area contributed by atoms with Crippen LogP contribution < -0.4 is 0 Å². The molecule has 0 aliphatic heterocycles. The van der Waals surface area contributed by atoms with Gasteiger partial charge in [-0.25, -0.2) is 0 Å². The normalized spacial score (nSPS) is 11.8. The summed E-state index contributed by atoms with van der Waals surface area (Å²) in [6, 6.07) is 66.2. The number of benzene rings is 8. The molecule has 0 saturated carbocycles. The topological polar surface area (TPSA) is 9.86 Å².